The van der Waals surface area contributed by atoms with Crippen LogP contribution in [0.2, 0.25) is 0 Å². The Morgan fingerprint density at radius 3 is 2.69 bits per heavy atom. The molecule has 2 aliphatic rings. The zero-order valence-electron chi connectivity index (χ0n) is 19.8. The number of aromatic nitrogens is 2. The molecule has 1 saturated heterocycles. The maximum absolute atomic E-state index is 13.0. The quantitative estimate of drug-likeness (QED) is 0.547. The van der Waals surface area contributed by atoms with Crippen LogP contribution in [-0.4, -0.2) is 50.1 Å². The summed E-state index contributed by atoms with van der Waals surface area (Å²) in [5.41, 5.74) is 2.75. The number of allylic oxidation sites excluding steroid dienone is 1. The Bertz CT molecular complexity index is 903. The van der Waals surface area contributed by atoms with Crippen molar-refractivity contribution in [1.82, 2.24) is 19.2 Å². The molecule has 0 bridgehead atoms. The Labute approximate surface area is 194 Å². The van der Waals surface area contributed by atoms with Crippen molar-refractivity contribution in [3.63, 3.8) is 0 Å². The van der Waals surface area contributed by atoms with Crippen molar-refractivity contribution in [2.45, 2.75) is 71.5 Å². The molecule has 32 heavy (non-hydrogen) atoms. The highest BCUT2D eigenvalue weighted by Gasteiger charge is 2.24. The van der Waals surface area contributed by atoms with Crippen LogP contribution < -0.4 is 15.6 Å². The number of nitrogens with zero attached hydrogens (tertiary/aromatic N) is 3. The highest BCUT2D eigenvalue weighted by molar-refractivity contribution is 7.81. The van der Waals surface area contributed by atoms with E-state index in [0.29, 0.717) is 37.4 Å². The zero-order chi connectivity index (χ0) is 23.1. The average Bonchev–Trinajstić information content (AvgIpc) is 3.19. The minimum absolute atomic E-state index is 0.116. The first-order valence-electron chi connectivity index (χ1n) is 11.8. The third-order valence-corrected chi connectivity index (χ3v) is 7.68. The fourth-order valence-corrected chi connectivity index (χ4v) is 5.42. The lowest BCUT2D eigenvalue weighted by Crippen LogP contribution is -2.37. The molecule has 1 N–H and O–H groups in total. The summed E-state index contributed by atoms with van der Waals surface area (Å²) in [6.07, 6.45) is 11.4. The van der Waals surface area contributed by atoms with E-state index in [-0.39, 0.29) is 5.56 Å². The van der Waals surface area contributed by atoms with E-state index in [4.69, 9.17) is 4.74 Å². The second-order valence-corrected chi connectivity index (χ2v) is 10.1. The molecule has 0 spiro atoms. The van der Waals surface area contributed by atoms with Gasteiger partial charge in [0.15, 0.2) is 0 Å². The van der Waals surface area contributed by atoms with E-state index in [1.165, 1.54) is 11.1 Å². The normalized spacial score (nSPS) is 21.2. The van der Waals surface area contributed by atoms with Crippen LogP contribution in [-0.2, 0) is 24.1 Å². The number of ether oxygens (including phenoxy) is 1. The molecular weight excluding hydrogens is 424 g/mol. The Balaban J connectivity index is 1.56. The highest BCUT2D eigenvalue weighted by Crippen LogP contribution is 2.30. The van der Waals surface area contributed by atoms with E-state index in [1.807, 2.05) is 17.3 Å². The van der Waals surface area contributed by atoms with Gasteiger partial charge in [0.25, 0.3) is 5.56 Å². The fourth-order valence-electron chi connectivity index (χ4n) is 4.70. The van der Waals surface area contributed by atoms with Crippen molar-refractivity contribution in [3.05, 3.63) is 46.2 Å². The molecule has 1 aliphatic carbocycles. The molecule has 1 fully saturated rings. The summed E-state index contributed by atoms with van der Waals surface area (Å²) in [7, 11) is -0.911. The Hall–Kier alpha value is -1.77. The molecule has 178 valence electrons. The minimum atomic E-state index is -0.911. The molecule has 1 aromatic heterocycles. The third-order valence-electron chi connectivity index (χ3n) is 6.59. The molecule has 0 aromatic carbocycles. The lowest BCUT2D eigenvalue weighted by atomic mass is 9.99. The topological polar surface area (TPSA) is 76.5 Å². The first-order valence-corrected chi connectivity index (χ1v) is 13.3. The predicted molar refractivity (Wildman–Crippen MR) is 130 cm³/mol. The van der Waals surface area contributed by atoms with E-state index in [1.54, 1.807) is 17.0 Å². The summed E-state index contributed by atoms with van der Waals surface area (Å²) in [4.78, 5) is 17.5. The van der Waals surface area contributed by atoms with Gasteiger partial charge in [0.2, 0.25) is 5.75 Å². The van der Waals surface area contributed by atoms with Crippen LogP contribution >= 0.6 is 0 Å². The van der Waals surface area contributed by atoms with Gasteiger partial charge in [-0.3, -0.25) is 9.36 Å². The number of piperidine rings is 1. The van der Waals surface area contributed by atoms with Crippen LogP contribution in [0, 0.1) is 5.92 Å². The summed E-state index contributed by atoms with van der Waals surface area (Å²) in [6.45, 7) is 11.4. The van der Waals surface area contributed by atoms with Crippen molar-refractivity contribution in [3.8, 4) is 5.75 Å². The molecule has 0 radical (unpaired) electrons. The van der Waals surface area contributed by atoms with E-state index < -0.39 is 11.0 Å². The summed E-state index contributed by atoms with van der Waals surface area (Å²) in [5.74, 6) is 1.43. The molecule has 1 aromatic rings. The van der Waals surface area contributed by atoms with E-state index in [2.05, 4.69) is 23.8 Å². The molecule has 2 unspecified atom stereocenters. The lowest BCUT2D eigenvalue weighted by molar-refractivity contribution is 0.185. The van der Waals surface area contributed by atoms with Gasteiger partial charge in [-0.25, -0.2) is 13.5 Å². The van der Waals surface area contributed by atoms with Gasteiger partial charge >= 0.3 is 0 Å². The fraction of sp³-hybridized carbons (Fsp3) is 0.667. The number of hydrogen-bond donors (Lipinski definition) is 1. The first-order chi connectivity index (χ1) is 15.5. The van der Waals surface area contributed by atoms with Crippen LogP contribution in [0.25, 0.3) is 0 Å². The second kappa shape index (κ2) is 11.9. The molecule has 3 rings (SSSR count). The minimum Gasteiger partial charge on any atom is -0.486 e. The standard InChI is InChI=1S/C24H38N4O3S/c1-5-8-20-14-21(13-19(20)6-2)25-16-23-26-15-22(24(29)28(23)7-3)31-17-18-9-11-27(12-10-18)32(4)30/h6,15,18,21,25H,2,5,7-14,16-17H2,1,3-4H3. The second-order valence-electron chi connectivity index (χ2n) is 8.76. The van der Waals surface area contributed by atoms with Gasteiger partial charge in [-0.15, -0.1) is 0 Å². The van der Waals surface area contributed by atoms with Gasteiger partial charge in [0, 0.05) is 31.9 Å². The molecule has 0 amide bonds. The number of nitrogens with one attached hydrogen (secondary N) is 1. The summed E-state index contributed by atoms with van der Waals surface area (Å²) < 4.78 is 21.2. The number of hydrogen-bond acceptors (Lipinski definition) is 5. The smallest absolute Gasteiger partial charge is 0.295 e. The van der Waals surface area contributed by atoms with Crippen molar-refractivity contribution >= 4 is 11.0 Å². The third kappa shape index (κ3) is 6.17. The maximum Gasteiger partial charge on any atom is 0.295 e. The van der Waals surface area contributed by atoms with Crippen molar-refractivity contribution in [1.29, 1.82) is 0 Å². The Morgan fingerprint density at radius 2 is 2.06 bits per heavy atom. The van der Waals surface area contributed by atoms with Crippen LogP contribution in [0.5, 0.6) is 5.75 Å². The van der Waals surface area contributed by atoms with Crippen LogP contribution in [0.15, 0.2) is 34.8 Å². The van der Waals surface area contributed by atoms with Gasteiger partial charge in [-0.1, -0.05) is 31.6 Å². The average molecular weight is 463 g/mol. The molecule has 2 heterocycles. The van der Waals surface area contributed by atoms with Gasteiger partial charge < -0.3 is 10.1 Å². The molecule has 0 saturated carbocycles. The van der Waals surface area contributed by atoms with Crippen LogP contribution in [0.4, 0.5) is 0 Å². The maximum atomic E-state index is 13.0. The highest BCUT2D eigenvalue weighted by atomic mass is 32.2. The van der Waals surface area contributed by atoms with Gasteiger partial charge in [-0.2, -0.15) is 0 Å². The van der Waals surface area contributed by atoms with Gasteiger partial charge in [0.05, 0.1) is 30.3 Å². The first kappa shape index (κ1) is 24.9. The van der Waals surface area contributed by atoms with Crippen molar-refractivity contribution in [2.75, 3.05) is 26.0 Å². The monoisotopic (exact) mass is 462 g/mol. The Kier molecular flexibility index (Phi) is 9.25. The zero-order valence-corrected chi connectivity index (χ0v) is 20.6. The van der Waals surface area contributed by atoms with Crippen molar-refractivity contribution in [2.24, 2.45) is 5.92 Å². The van der Waals surface area contributed by atoms with Gasteiger partial charge in [-0.05, 0) is 50.5 Å². The SMILES string of the molecule is C=CC1=C(CCC)CC(NCc2ncc(OCC3CCN(S(C)=O)CC3)c(=O)n2CC)C1. The largest absolute Gasteiger partial charge is 0.486 e. The van der Waals surface area contributed by atoms with E-state index in [9.17, 15) is 9.00 Å². The Morgan fingerprint density at radius 1 is 1.31 bits per heavy atom. The van der Waals surface area contributed by atoms with E-state index in [0.717, 1.165) is 57.4 Å². The lowest BCUT2D eigenvalue weighted by Gasteiger charge is -2.29. The molecule has 2 atom stereocenters. The van der Waals surface area contributed by atoms with Crippen LogP contribution in [0.3, 0.4) is 0 Å². The van der Waals surface area contributed by atoms with E-state index >= 15 is 0 Å². The molecule has 8 heteroatoms. The van der Waals surface area contributed by atoms with Crippen LogP contribution in [0.1, 0.15) is 58.2 Å². The molecule has 7 nitrogen and oxygen atoms in total. The predicted octanol–water partition coefficient (Wildman–Crippen LogP) is 3.18. The number of rotatable bonds is 11. The summed E-state index contributed by atoms with van der Waals surface area (Å²) in [5, 5.41) is 3.59. The summed E-state index contributed by atoms with van der Waals surface area (Å²) in [6, 6.07) is 0.367. The summed E-state index contributed by atoms with van der Waals surface area (Å²) >= 11 is 0. The molecular formula is C24H38N4O3S. The van der Waals surface area contributed by atoms with Crippen molar-refractivity contribution < 1.29 is 8.95 Å². The molecule has 1 aliphatic heterocycles. The van der Waals surface area contributed by atoms with Gasteiger partial charge in [0.1, 0.15) is 5.82 Å².